The second-order valence-corrected chi connectivity index (χ2v) is 15.7. The number of pyridine rings is 2. The van der Waals surface area contributed by atoms with Gasteiger partial charge in [-0.15, -0.1) is 0 Å². The van der Waals surface area contributed by atoms with E-state index in [1.165, 1.54) is 35.5 Å². The van der Waals surface area contributed by atoms with E-state index in [2.05, 4.69) is 26.9 Å². The van der Waals surface area contributed by atoms with Crippen molar-refractivity contribution in [1.29, 1.82) is 10.5 Å². The first-order valence-electron chi connectivity index (χ1n) is 16.9. The minimum absolute atomic E-state index is 0.0447. The maximum absolute atomic E-state index is 13.2. The predicted octanol–water partition coefficient (Wildman–Crippen LogP) is 6.05. The van der Waals surface area contributed by atoms with E-state index in [0.717, 1.165) is 18.4 Å². The van der Waals surface area contributed by atoms with Gasteiger partial charge in [-0.3, -0.25) is 33.5 Å². The van der Waals surface area contributed by atoms with Crippen LogP contribution in [0.25, 0.3) is 22.5 Å². The zero-order valence-electron chi connectivity index (χ0n) is 30.4. The summed E-state index contributed by atoms with van der Waals surface area (Å²) in [5.41, 5.74) is -1.56. The molecule has 18 heteroatoms. The Morgan fingerprint density at radius 2 is 1.33 bits per heavy atom. The van der Waals surface area contributed by atoms with E-state index < -0.39 is 43.5 Å². The fraction of sp³-hybridized carbons (Fsp3) is 0.432. The molecule has 2 aliphatic heterocycles. The topological polar surface area (TPSA) is 180 Å². The lowest BCUT2D eigenvalue weighted by atomic mass is 9.89. The van der Waals surface area contributed by atoms with Crippen LogP contribution in [0.5, 0.6) is 0 Å². The van der Waals surface area contributed by atoms with Crippen LogP contribution < -0.4 is 11.1 Å². The second kappa shape index (κ2) is 18.5. The molecule has 4 aromatic rings. The average molecular weight is 799 g/mol. The molecule has 2 atom stereocenters. The summed E-state index contributed by atoms with van der Waals surface area (Å²) in [6.07, 6.45) is 4.68. The molecule has 290 valence electrons. The summed E-state index contributed by atoms with van der Waals surface area (Å²) in [7, 11) is 0. The smallest absolute Gasteiger partial charge is 0.314 e. The van der Waals surface area contributed by atoms with Crippen LogP contribution in [-0.4, -0.2) is 78.4 Å². The number of aromatic nitrogens is 6. The first-order valence-corrected chi connectivity index (χ1v) is 18.9. The maximum atomic E-state index is 13.2. The quantitative estimate of drug-likeness (QED) is 0.161. The molecule has 0 saturated carbocycles. The first-order chi connectivity index (χ1) is 26.2. The molecule has 0 radical (unpaired) electrons. The highest BCUT2D eigenvalue weighted by Gasteiger charge is 2.33. The number of hydrogen-bond donors (Lipinski definition) is 1. The molecular weight excluding hydrogens is 761 g/mol. The summed E-state index contributed by atoms with van der Waals surface area (Å²) in [5.74, 6) is 1.07. The number of nitriles is 2. The third-order valence-corrected chi connectivity index (χ3v) is 11.4. The van der Waals surface area contributed by atoms with Crippen LogP contribution in [0.1, 0.15) is 44.5 Å². The number of aliphatic carboxylic acids is 1. The summed E-state index contributed by atoms with van der Waals surface area (Å²) < 4.78 is 52.8. The third-order valence-electron chi connectivity index (χ3n) is 8.76. The van der Waals surface area contributed by atoms with Gasteiger partial charge in [0.2, 0.25) is 0 Å². The van der Waals surface area contributed by atoms with Crippen LogP contribution in [-0.2, 0) is 23.3 Å². The molecule has 12 nitrogen and oxygen atoms in total. The van der Waals surface area contributed by atoms with Gasteiger partial charge >= 0.3 is 5.97 Å². The molecule has 0 aromatic carbocycles. The molecule has 2 unspecified atom stereocenters. The van der Waals surface area contributed by atoms with Crippen LogP contribution in [0, 0.1) is 39.9 Å². The minimum Gasteiger partial charge on any atom is -0.481 e. The summed E-state index contributed by atoms with van der Waals surface area (Å²) in [4.78, 5) is 52.3. The van der Waals surface area contributed by atoms with Crippen LogP contribution in [0.4, 0.5) is 17.6 Å². The van der Waals surface area contributed by atoms with Crippen molar-refractivity contribution in [2.45, 2.75) is 56.5 Å². The van der Waals surface area contributed by atoms with Crippen molar-refractivity contribution < 1.29 is 27.5 Å². The highest BCUT2D eigenvalue weighted by atomic mass is 32.2. The SMILES string of the molecule is CC(CF)(CF)C(=O)O.CC1CSc2nc(-c3ccc(C(C)(CF)CF)nc3)c(C#N)c(=O)n2C1.CC1CSc2nc(-c3cccnc3)c(C#N)c(=O)n2C1. The van der Waals surface area contributed by atoms with Crippen LogP contribution >= 0.6 is 23.5 Å². The number of hydrogen-bond acceptors (Lipinski definition) is 11. The van der Waals surface area contributed by atoms with Gasteiger partial charge < -0.3 is 5.11 Å². The largest absolute Gasteiger partial charge is 0.481 e. The average Bonchev–Trinajstić information content (AvgIpc) is 3.21. The lowest BCUT2D eigenvalue weighted by Crippen LogP contribution is -2.32. The Bertz CT molecular complexity index is 2200. The Hall–Kier alpha value is -5.07. The van der Waals surface area contributed by atoms with Crippen molar-refractivity contribution in [1.82, 2.24) is 29.1 Å². The molecule has 4 aromatic heterocycles. The number of nitrogens with zero attached hydrogens (tertiary/aromatic N) is 8. The number of thioether (sulfide) groups is 2. The standard InChI is InChI=1S/C18H18F2N4OS.C14H12N4OS.C5H8F2O2/c1-11-7-24-16(25)13(5-21)15(23-17(24)26-8-11)12-3-4-14(22-6-12)18(2,9-19)10-20;1-9-7-18-13(19)11(5-15)12(17-14(18)20-8-9)10-3-2-4-16-6-10;1-5(2-6,3-7)4(8)9/h3-4,6,11H,7-10H2,1-2H3;2-4,6,9H,7-8H2,1H3;2-3H2,1H3,(H,8,9). The molecule has 0 fully saturated rings. The normalized spacial score (nSPS) is 16.1. The van der Waals surface area contributed by atoms with E-state index in [0.29, 0.717) is 52.1 Å². The van der Waals surface area contributed by atoms with Gasteiger partial charge in [-0.25, -0.2) is 27.5 Å². The fourth-order valence-corrected chi connectivity index (χ4v) is 7.13. The minimum atomic E-state index is -1.83. The fourth-order valence-electron chi connectivity index (χ4n) is 5.11. The van der Waals surface area contributed by atoms with E-state index in [1.54, 1.807) is 40.9 Å². The van der Waals surface area contributed by atoms with Crippen molar-refractivity contribution in [3.63, 3.8) is 0 Å². The summed E-state index contributed by atoms with van der Waals surface area (Å²) in [6.45, 7) is 3.69. The molecule has 0 amide bonds. The van der Waals surface area contributed by atoms with Gasteiger partial charge in [0.05, 0.1) is 22.5 Å². The Morgan fingerprint density at radius 1 is 0.836 bits per heavy atom. The van der Waals surface area contributed by atoms with Gasteiger partial charge in [0.15, 0.2) is 10.3 Å². The van der Waals surface area contributed by atoms with Crippen molar-refractivity contribution >= 4 is 29.5 Å². The lowest BCUT2D eigenvalue weighted by molar-refractivity contribution is -0.149. The van der Waals surface area contributed by atoms with E-state index in [-0.39, 0.29) is 33.6 Å². The molecule has 6 heterocycles. The Balaban J connectivity index is 0.000000205. The van der Waals surface area contributed by atoms with Gasteiger partial charge in [-0.2, -0.15) is 10.5 Å². The number of carbonyl (C=O) groups is 1. The van der Waals surface area contributed by atoms with Crippen LogP contribution in [0.3, 0.4) is 0 Å². The summed E-state index contributed by atoms with van der Waals surface area (Å²) in [5, 5.41) is 28.2. The summed E-state index contributed by atoms with van der Waals surface area (Å²) in [6, 6.07) is 10.6. The number of alkyl halides is 4. The van der Waals surface area contributed by atoms with Crippen LogP contribution in [0.2, 0.25) is 0 Å². The van der Waals surface area contributed by atoms with E-state index in [4.69, 9.17) is 5.11 Å². The van der Waals surface area contributed by atoms with Crippen molar-refractivity contribution in [2.75, 3.05) is 38.2 Å². The number of halogens is 4. The highest BCUT2D eigenvalue weighted by molar-refractivity contribution is 7.99. The predicted molar refractivity (Wildman–Crippen MR) is 200 cm³/mol. The molecular formula is C37H38F4N8O4S2. The maximum Gasteiger partial charge on any atom is 0.314 e. The van der Waals surface area contributed by atoms with Gasteiger partial charge in [0.1, 0.15) is 55.4 Å². The first kappa shape index (κ1) is 42.7. The van der Waals surface area contributed by atoms with Crippen LogP contribution in [0.15, 0.2) is 62.8 Å². The molecule has 2 aliphatic rings. The van der Waals surface area contributed by atoms with Gasteiger partial charge in [0, 0.05) is 54.3 Å². The second-order valence-electron chi connectivity index (χ2n) is 13.8. The number of rotatable bonds is 8. The Morgan fingerprint density at radius 3 is 1.67 bits per heavy atom. The van der Waals surface area contributed by atoms with Crippen molar-refractivity contribution in [2.24, 2.45) is 17.3 Å². The monoisotopic (exact) mass is 798 g/mol. The molecule has 6 rings (SSSR count). The van der Waals surface area contributed by atoms with E-state index >= 15 is 0 Å². The molecule has 0 spiro atoms. The molecule has 1 N–H and O–H groups in total. The molecule has 0 aliphatic carbocycles. The molecule has 0 bridgehead atoms. The van der Waals surface area contributed by atoms with Gasteiger partial charge in [-0.1, -0.05) is 37.4 Å². The third kappa shape index (κ3) is 9.42. The van der Waals surface area contributed by atoms with Gasteiger partial charge in [0.25, 0.3) is 11.1 Å². The zero-order valence-corrected chi connectivity index (χ0v) is 32.1. The summed E-state index contributed by atoms with van der Waals surface area (Å²) >= 11 is 3.04. The number of carboxylic acids is 1. The van der Waals surface area contributed by atoms with Gasteiger partial charge in [-0.05, 0) is 49.9 Å². The highest BCUT2D eigenvalue weighted by Crippen LogP contribution is 2.31. The lowest BCUT2D eigenvalue weighted by Gasteiger charge is -2.23. The molecule has 55 heavy (non-hydrogen) atoms. The Kier molecular flexibility index (Phi) is 14.4. The Labute approximate surface area is 322 Å². The number of fused-ring (bicyclic) bond motifs is 2. The molecule has 0 saturated heterocycles. The van der Waals surface area contributed by atoms with Crippen molar-refractivity contribution in [3.05, 3.63) is 80.4 Å². The zero-order chi connectivity index (χ0) is 40.5. The van der Waals surface area contributed by atoms with E-state index in [1.807, 2.05) is 25.1 Å². The number of carboxylic acid groups (broad SMARTS) is 1. The van der Waals surface area contributed by atoms with Crippen molar-refractivity contribution in [3.8, 4) is 34.7 Å². The van der Waals surface area contributed by atoms with E-state index in [9.17, 15) is 42.5 Å².